The van der Waals surface area contributed by atoms with Crippen molar-refractivity contribution in [3.63, 3.8) is 0 Å². The van der Waals surface area contributed by atoms with Crippen LogP contribution in [0.25, 0.3) is 0 Å². The minimum Gasteiger partial charge on any atom is -0.497 e. The molecule has 0 saturated heterocycles. The summed E-state index contributed by atoms with van der Waals surface area (Å²) in [6, 6.07) is 5.69. The van der Waals surface area contributed by atoms with Crippen LogP contribution in [-0.2, 0) is 12.1 Å². The molecule has 0 saturated carbocycles. The molecule has 1 heterocycles. The topological polar surface area (TPSA) is 48.3 Å². The number of anilines is 1. The molecule has 0 unspecified atom stereocenters. The number of methoxy groups -OCH3 is 2. The minimum atomic E-state index is -0.00803. The van der Waals surface area contributed by atoms with Gasteiger partial charge < -0.3 is 14.8 Å². The Morgan fingerprint density at radius 2 is 1.95 bits per heavy atom. The molecule has 5 nitrogen and oxygen atoms in total. The lowest BCUT2D eigenvalue weighted by molar-refractivity contribution is 0.355. The van der Waals surface area contributed by atoms with E-state index in [2.05, 4.69) is 37.4 Å². The highest BCUT2D eigenvalue weighted by molar-refractivity contribution is 5.59. The highest BCUT2D eigenvalue weighted by atomic mass is 16.5. The molecule has 0 spiro atoms. The van der Waals surface area contributed by atoms with Gasteiger partial charge in [-0.3, -0.25) is 4.68 Å². The van der Waals surface area contributed by atoms with E-state index >= 15 is 0 Å². The Bertz CT molecular complexity index is 600. The van der Waals surface area contributed by atoms with Crippen molar-refractivity contribution in [2.75, 3.05) is 19.5 Å². The van der Waals surface area contributed by atoms with E-state index in [4.69, 9.17) is 9.47 Å². The second kappa shape index (κ2) is 6.08. The highest BCUT2D eigenvalue weighted by Crippen LogP contribution is 2.29. The van der Waals surface area contributed by atoms with Crippen LogP contribution in [0.15, 0.2) is 30.6 Å². The lowest BCUT2D eigenvalue weighted by Gasteiger charge is -2.18. The molecular weight excluding hydrogens is 266 g/mol. The fraction of sp³-hybridized carbons (Fsp3) is 0.438. The van der Waals surface area contributed by atoms with E-state index in [-0.39, 0.29) is 5.54 Å². The van der Waals surface area contributed by atoms with Crippen molar-refractivity contribution in [3.05, 3.63) is 36.2 Å². The van der Waals surface area contributed by atoms with Gasteiger partial charge in [0, 0.05) is 24.4 Å². The van der Waals surface area contributed by atoms with E-state index in [1.807, 2.05) is 29.1 Å². The molecule has 1 N–H and O–H groups in total. The number of nitrogens with zero attached hydrogens (tertiary/aromatic N) is 2. The zero-order chi connectivity index (χ0) is 15.5. The summed E-state index contributed by atoms with van der Waals surface area (Å²) in [6.07, 6.45) is 3.94. The van der Waals surface area contributed by atoms with Crippen LogP contribution in [0.1, 0.15) is 26.3 Å². The molecule has 1 aromatic heterocycles. The van der Waals surface area contributed by atoms with Crippen molar-refractivity contribution in [1.82, 2.24) is 9.78 Å². The first-order valence-corrected chi connectivity index (χ1v) is 6.94. The number of aromatic nitrogens is 2. The molecule has 2 aromatic rings. The second-order valence-electron chi connectivity index (χ2n) is 5.88. The van der Waals surface area contributed by atoms with Crippen LogP contribution in [-0.4, -0.2) is 24.0 Å². The molecular formula is C16H23N3O2. The van der Waals surface area contributed by atoms with Crippen molar-refractivity contribution in [1.29, 1.82) is 0 Å². The van der Waals surface area contributed by atoms with E-state index < -0.39 is 0 Å². The predicted octanol–water partition coefficient (Wildman–Crippen LogP) is 3.27. The number of hydrogen-bond donors (Lipinski definition) is 1. The number of benzene rings is 1. The summed E-state index contributed by atoms with van der Waals surface area (Å²) in [5.74, 6) is 1.59. The van der Waals surface area contributed by atoms with Gasteiger partial charge in [-0.1, -0.05) is 0 Å². The van der Waals surface area contributed by atoms with E-state index in [1.165, 1.54) is 0 Å². The summed E-state index contributed by atoms with van der Waals surface area (Å²) >= 11 is 0. The molecule has 0 aliphatic heterocycles. The summed E-state index contributed by atoms with van der Waals surface area (Å²) in [6.45, 7) is 7.06. The molecule has 21 heavy (non-hydrogen) atoms. The fourth-order valence-corrected chi connectivity index (χ4v) is 1.97. The first kappa shape index (κ1) is 15.2. The monoisotopic (exact) mass is 289 g/mol. The van der Waals surface area contributed by atoms with Gasteiger partial charge in [-0.2, -0.15) is 5.10 Å². The average Bonchev–Trinajstić information content (AvgIpc) is 2.93. The van der Waals surface area contributed by atoms with Gasteiger partial charge in [-0.15, -0.1) is 0 Å². The third kappa shape index (κ3) is 3.68. The Kier molecular flexibility index (Phi) is 4.40. The molecule has 0 atom stereocenters. The average molecular weight is 289 g/mol. The zero-order valence-corrected chi connectivity index (χ0v) is 13.3. The molecule has 114 valence electrons. The van der Waals surface area contributed by atoms with Crippen LogP contribution < -0.4 is 14.8 Å². The molecule has 0 bridgehead atoms. The van der Waals surface area contributed by atoms with Crippen LogP contribution in [0.2, 0.25) is 0 Å². The van der Waals surface area contributed by atoms with Crippen LogP contribution in [0.5, 0.6) is 11.5 Å². The fourth-order valence-electron chi connectivity index (χ4n) is 1.97. The largest absolute Gasteiger partial charge is 0.497 e. The van der Waals surface area contributed by atoms with Crippen molar-refractivity contribution < 1.29 is 9.47 Å². The van der Waals surface area contributed by atoms with Gasteiger partial charge in [0.2, 0.25) is 0 Å². The Morgan fingerprint density at radius 3 is 2.52 bits per heavy atom. The van der Waals surface area contributed by atoms with Crippen molar-refractivity contribution >= 4 is 5.69 Å². The molecule has 0 fully saturated rings. The third-order valence-electron chi connectivity index (χ3n) is 3.21. The quantitative estimate of drug-likeness (QED) is 0.917. The summed E-state index contributed by atoms with van der Waals surface area (Å²) in [7, 11) is 3.31. The standard InChI is InChI=1S/C16H23N3O2/c1-16(2,3)19-11-12(10-18-19)9-17-14-8-13(20-4)6-7-15(14)21-5/h6-8,10-11,17H,9H2,1-5H3. The van der Waals surface area contributed by atoms with Crippen molar-refractivity contribution in [2.24, 2.45) is 0 Å². The normalized spacial score (nSPS) is 11.3. The Morgan fingerprint density at radius 1 is 1.19 bits per heavy atom. The van der Waals surface area contributed by atoms with E-state index in [0.717, 1.165) is 22.7 Å². The number of nitrogens with one attached hydrogen (secondary N) is 1. The number of rotatable bonds is 5. The van der Waals surface area contributed by atoms with E-state index in [1.54, 1.807) is 14.2 Å². The van der Waals surface area contributed by atoms with Gasteiger partial charge in [0.25, 0.3) is 0 Å². The third-order valence-corrected chi connectivity index (χ3v) is 3.21. The van der Waals surface area contributed by atoms with Crippen LogP contribution in [0.4, 0.5) is 5.69 Å². The van der Waals surface area contributed by atoms with Gasteiger partial charge in [0.05, 0.1) is 31.6 Å². The van der Waals surface area contributed by atoms with Crippen LogP contribution in [0, 0.1) is 0 Å². The van der Waals surface area contributed by atoms with E-state index in [9.17, 15) is 0 Å². The maximum atomic E-state index is 5.35. The van der Waals surface area contributed by atoms with Gasteiger partial charge >= 0.3 is 0 Å². The maximum absolute atomic E-state index is 5.35. The molecule has 1 aromatic carbocycles. The molecule has 0 amide bonds. The predicted molar refractivity (Wildman–Crippen MR) is 84.1 cm³/mol. The Balaban J connectivity index is 2.10. The number of ether oxygens (including phenoxy) is 2. The Hall–Kier alpha value is -2.17. The SMILES string of the molecule is COc1ccc(OC)c(NCc2cnn(C(C)(C)C)c2)c1. The number of hydrogen-bond acceptors (Lipinski definition) is 4. The zero-order valence-electron chi connectivity index (χ0n) is 13.3. The van der Waals surface area contributed by atoms with Crippen LogP contribution in [0.3, 0.4) is 0 Å². The van der Waals surface area contributed by atoms with Gasteiger partial charge in [0.15, 0.2) is 0 Å². The minimum absolute atomic E-state index is 0.00803. The van der Waals surface area contributed by atoms with Crippen LogP contribution >= 0.6 is 0 Å². The van der Waals surface area contributed by atoms with Gasteiger partial charge in [0.1, 0.15) is 11.5 Å². The molecule has 0 radical (unpaired) electrons. The summed E-state index contributed by atoms with van der Waals surface area (Å²) < 4.78 is 12.6. The van der Waals surface area contributed by atoms with Crippen molar-refractivity contribution in [3.8, 4) is 11.5 Å². The molecule has 0 aliphatic rings. The summed E-state index contributed by atoms with van der Waals surface area (Å²) in [5, 5.41) is 7.76. The highest BCUT2D eigenvalue weighted by Gasteiger charge is 2.14. The summed E-state index contributed by atoms with van der Waals surface area (Å²) in [5.41, 5.74) is 2.02. The lowest BCUT2D eigenvalue weighted by atomic mass is 10.1. The molecule has 5 heteroatoms. The Labute approximate surface area is 125 Å². The van der Waals surface area contributed by atoms with Gasteiger partial charge in [-0.05, 0) is 32.9 Å². The van der Waals surface area contributed by atoms with Gasteiger partial charge in [-0.25, -0.2) is 0 Å². The second-order valence-corrected chi connectivity index (χ2v) is 5.88. The lowest BCUT2D eigenvalue weighted by Crippen LogP contribution is -2.21. The smallest absolute Gasteiger partial charge is 0.142 e. The van der Waals surface area contributed by atoms with E-state index in [0.29, 0.717) is 6.54 Å². The maximum Gasteiger partial charge on any atom is 0.142 e. The molecule has 0 aliphatic carbocycles. The first-order chi connectivity index (χ1) is 9.94. The van der Waals surface area contributed by atoms with Crippen molar-refractivity contribution in [2.45, 2.75) is 32.9 Å². The first-order valence-electron chi connectivity index (χ1n) is 6.94. The molecule has 2 rings (SSSR count). The summed E-state index contributed by atoms with van der Waals surface area (Å²) in [4.78, 5) is 0.